The summed E-state index contributed by atoms with van der Waals surface area (Å²) in [5.74, 6) is 0.854. The molecule has 22 heavy (non-hydrogen) atoms. The van der Waals surface area contributed by atoms with E-state index in [1.807, 2.05) is 31.2 Å². The lowest BCUT2D eigenvalue weighted by molar-refractivity contribution is -0.116. The number of anilines is 1. The lowest BCUT2D eigenvalue weighted by atomic mass is 9.92. The van der Waals surface area contributed by atoms with E-state index in [1.54, 1.807) is 0 Å². The van der Waals surface area contributed by atoms with Gasteiger partial charge >= 0.3 is 0 Å². The Balaban J connectivity index is 1.51. The number of benzene rings is 1. The van der Waals surface area contributed by atoms with Gasteiger partial charge in [-0.1, -0.05) is 18.2 Å². The summed E-state index contributed by atoms with van der Waals surface area (Å²) in [6, 6.07) is 8.52. The molecule has 0 spiro atoms. The number of rotatable bonds is 4. The van der Waals surface area contributed by atoms with Crippen molar-refractivity contribution in [2.24, 2.45) is 5.92 Å². The van der Waals surface area contributed by atoms with Crippen LogP contribution in [-0.2, 0) is 4.79 Å². The van der Waals surface area contributed by atoms with Crippen LogP contribution in [-0.4, -0.2) is 35.3 Å². The van der Waals surface area contributed by atoms with Crippen molar-refractivity contribution in [3.63, 3.8) is 0 Å². The standard InChI is InChI=1S/C18H25ClN2O/c1-13-5-2-3-7-16(13)20-18(22)8-10-21-9-4-6-14-11-15(19)12-17(14)21/h2-3,5,7,14-15,17H,4,6,8-12H2,1H3,(H,20,22)/t14-,15?,17-/m0/s1. The number of alkyl halides is 1. The molecule has 3 nitrogen and oxygen atoms in total. The highest BCUT2D eigenvalue weighted by Gasteiger charge is 2.38. The SMILES string of the molecule is Cc1ccccc1NC(=O)CCN1CCC[C@H]2CC(Cl)C[C@@H]21. The number of likely N-dealkylation sites (tertiary alicyclic amines) is 1. The minimum Gasteiger partial charge on any atom is -0.326 e. The normalized spacial score (nSPS) is 28.4. The number of para-hydroxylation sites is 1. The molecule has 2 aliphatic rings. The number of hydrogen-bond acceptors (Lipinski definition) is 2. The number of nitrogens with zero attached hydrogens (tertiary/aromatic N) is 1. The highest BCUT2D eigenvalue weighted by molar-refractivity contribution is 6.20. The van der Waals surface area contributed by atoms with E-state index in [0.717, 1.165) is 43.1 Å². The van der Waals surface area contributed by atoms with Crippen molar-refractivity contribution in [1.29, 1.82) is 0 Å². The van der Waals surface area contributed by atoms with Gasteiger partial charge in [-0.3, -0.25) is 9.69 Å². The molecule has 1 aliphatic heterocycles. The van der Waals surface area contributed by atoms with Gasteiger partial charge in [-0.2, -0.15) is 0 Å². The number of hydrogen-bond donors (Lipinski definition) is 1. The maximum absolute atomic E-state index is 12.2. The van der Waals surface area contributed by atoms with Crippen molar-refractivity contribution >= 4 is 23.2 Å². The highest BCUT2D eigenvalue weighted by atomic mass is 35.5. The molecule has 1 N–H and O–H groups in total. The summed E-state index contributed by atoms with van der Waals surface area (Å²) in [6.45, 7) is 3.98. The van der Waals surface area contributed by atoms with Crippen LogP contribution < -0.4 is 5.32 Å². The minimum absolute atomic E-state index is 0.108. The fourth-order valence-corrected chi connectivity index (χ4v) is 4.38. The monoisotopic (exact) mass is 320 g/mol. The zero-order valence-corrected chi connectivity index (χ0v) is 14.0. The van der Waals surface area contributed by atoms with E-state index >= 15 is 0 Å². The molecule has 1 aliphatic carbocycles. The summed E-state index contributed by atoms with van der Waals surface area (Å²) in [5, 5.41) is 3.36. The van der Waals surface area contributed by atoms with Crippen molar-refractivity contribution in [3.8, 4) is 0 Å². The Hall–Kier alpha value is -1.06. The number of fused-ring (bicyclic) bond motifs is 1. The lowest BCUT2D eigenvalue weighted by Crippen LogP contribution is -2.43. The molecule has 3 rings (SSSR count). The van der Waals surface area contributed by atoms with Crippen molar-refractivity contribution in [2.45, 2.75) is 50.4 Å². The predicted octanol–water partition coefficient (Wildman–Crippen LogP) is 3.81. The topological polar surface area (TPSA) is 32.3 Å². The molecule has 3 atom stereocenters. The molecule has 1 saturated heterocycles. The molecule has 2 fully saturated rings. The van der Waals surface area contributed by atoms with Crippen LogP contribution in [0.1, 0.15) is 37.7 Å². The first-order valence-corrected chi connectivity index (χ1v) is 8.80. The van der Waals surface area contributed by atoms with Crippen molar-refractivity contribution in [1.82, 2.24) is 4.90 Å². The van der Waals surface area contributed by atoms with Crippen molar-refractivity contribution in [2.75, 3.05) is 18.4 Å². The van der Waals surface area contributed by atoms with Gasteiger partial charge in [0.1, 0.15) is 0 Å². The van der Waals surface area contributed by atoms with Gasteiger partial charge in [0.2, 0.25) is 5.91 Å². The predicted molar refractivity (Wildman–Crippen MR) is 91.4 cm³/mol. The second-order valence-electron chi connectivity index (χ2n) is 6.69. The van der Waals surface area contributed by atoms with Crippen molar-refractivity contribution < 1.29 is 4.79 Å². The maximum Gasteiger partial charge on any atom is 0.225 e. The molecule has 1 unspecified atom stereocenters. The molecule has 0 radical (unpaired) electrons. The summed E-state index contributed by atoms with van der Waals surface area (Å²) >= 11 is 6.33. The van der Waals surface area contributed by atoms with E-state index in [9.17, 15) is 4.79 Å². The van der Waals surface area contributed by atoms with E-state index in [2.05, 4.69) is 10.2 Å². The summed E-state index contributed by atoms with van der Waals surface area (Å²) < 4.78 is 0. The summed E-state index contributed by atoms with van der Waals surface area (Å²) in [7, 11) is 0. The molecule has 0 bridgehead atoms. The number of carbonyl (C=O) groups excluding carboxylic acids is 1. The zero-order valence-electron chi connectivity index (χ0n) is 13.2. The van der Waals surface area contributed by atoms with Gasteiger partial charge in [-0.25, -0.2) is 0 Å². The molecule has 1 heterocycles. The van der Waals surface area contributed by atoms with Gasteiger partial charge in [0, 0.05) is 30.1 Å². The Morgan fingerprint density at radius 2 is 2.18 bits per heavy atom. The Morgan fingerprint density at radius 1 is 1.36 bits per heavy atom. The van der Waals surface area contributed by atoms with Crippen LogP contribution in [0.4, 0.5) is 5.69 Å². The number of aryl methyl sites for hydroxylation is 1. The average molecular weight is 321 g/mol. The fourth-order valence-electron chi connectivity index (χ4n) is 3.96. The highest BCUT2D eigenvalue weighted by Crippen LogP contribution is 2.39. The molecule has 4 heteroatoms. The molecular weight excluding hydrogens is 296 g/mol. The molecule has 1 saturated carbocycles. The minimum atomic E-state index is 0.108. The van der Waals surface area contributed by atoms with Gasteiger partial charge in [0.25, 0.3) is 0 Å². The molecule has 120 valence electrons. The molecule has 1 aromatic carbocycles. The van der Waals surface area contributed by atoms with Crippen LogP contribution in [0.5, 0.6) is 0 Å². The van der Waals surface area contributed by atoms with E-state index in [1.165, 1.54) is 12.8 Å². The van der Waals surface area contributed by atoms with E-state index in [-0.39, 0.29) is 5.91 Å². The Bertz CT molecular complexity index is 534. The summed E-state index contributed by atoms with van der Waals surface area (Å²) in [4.78, 5) is 14.7. The number of nitrogens with one attached hydrogen (secondary N) is 1. The molecule has 0 aromatic heterocycles. The number of amides is 1. The number of carbonyl (C=O) groups is 1. The fraction of sp³-hybridized carbons (Fsp3) is 0.611. The van der Waals surface area contributed by atoms with Gasteiger partial charge in [0.15, 0.2) is 0 Å². The Kier molecular flexibility index (Phi) is 5.04. The third-order valence-corrected chi connectivity index (χ3v) is 5.49. The zero-order chi connectivity index (χ0) is 15.5. The van der Waals surface area contributed by atoms with Gasteiger partial charge < -0.3 is 5.32 Å². The molecule has 1 aromatic rings. The Labute approximate surface area is 138 Å². The van der Waals surface area contributed by atoms with Crippen LogP contribution in [0, 0.1) is 12.8 Å². The smallest absolute Gasteiger partial charge is 0.225 e. The largest absolute Gasteiger partial charge is 0.326 e. The van der Waals surface area contributed by atoms with Crippen molar-refractivity contribution in [3.05, 3.63) is 29.8 Å². The second kappa shape index (κ2) is 7.01. The van der Waals surface area contributed by atoms with Gasteiger partial charge in [-0.15, -0.1) is 11.6 Å². The summed E-state index contributed by atoms with van der Waals surface area (Å²) in [6.07, 6.45) is 5.35. The first-order chi connectivity index (χ1) is 10.6. The van der Waals surface area contributed by atoms with Crippen LogP contribution in [0.3, 0.4) is 0 Å². The first-order valence-electron chi connectivity index (χ1n) is 8.37. The van der Waals surface area contributed by atoms with Crippen LogP contribution in [0.15, 0.2) is 24.3 Å². The average Bonchev–Trinajstić information content (AvgIpc) is 2.88. The second-order valence-corrected chi connectivity index (χ2v) is 7.30. The quantitative estimate of drug-likeness (QED) is 0.856. The third kappa shape index (κ3) is 3.64. The first kappa shape index (κ1) is 15.8. The van der Waals surface area contributed by atoms with E-state index < -0.39 is 0 Å². The summed E-state index contributed by atoms with van der Waals surface area (Å²) in [5.41, 5.74) is 2.03. The van der Waals surface area contributed by atoms with Crippen LogP contribution >= 0.6 is 11.6 Å². The third-order valence-electron chi connectivity index (χ3n) is 5.13. The van der Waals surface area contributed by atoms with E-state index in [0.29, 0.717) is 17.8 Å². The number of piperidine rings is 1. The van der Waals surface area contributed by atoms with E-state index in [4.69, 9.17) is 11.6 Å². The Morgan fingerprint density at radius 3 is 3.00 bits per heavy atom. The van der Waals surface area contributed by atoms with Gasteiger partial charge in [0.05, 0.1) is 0 Å². The maximum atomic E-state index is 12.2. The molecule has 1 amide bonds. The van der Waals surface area contributed by atoms with Crippen LogP contribution in [0.2, 0.25) is 0 Å². The van der Waals surface area contributed by atoms with Gasteiger partial charge in [-0.05, 0) is 56.7 Å². The number of halogens is 1. The van der Waals surface area contributed by atoms with Crippen LogP contribution in [0.25, 0.3) is 0 Å². The molecular formula is C18H25ClN2O. The lowest BCUT2D eigenvalue weighted by Gasteiger charge is -2.37.